The number of alkyl halides is 3. The molecule has 0 aliphatic rings. The fraction of sp³-hybridized carbons (Fsp3) is 0.118. The van der Waals surface area contributed by atoms with E-state index < -0.39 is 11.7 Å². The smallest absolute Gasteiger partial charge is 0.296 e. The predicted molar refractivity (Wildman–Crippen MR) is 88.6 cm³/mol. The Kier molecular flexibility index (Phi) is 4.80. The van der Waals surface area contributed by atoms with Crippen LogP contribution in [0.2, 0.25) is 0 Å². The molecule has 0 aliphatic heterocycles. The van der Waals surface area contributed by atoms with E-state index in [-0.39, 0.29) is 11.6 Å². The number of halogens is 3. The Hall–Kier alpha value is -2.74. The molecule has 3 rings (SSSR count). The van der Waals surface area contributed by atoms with Gasteiger partial charge >= 0.3 is 6.18 Å². The lowest BCUT2D eigenvalue weighted by Gasteiger charge is -2.06. The van der Waals surface area contributed by atoms with Crippen LogP contribution >= 0.6 is 11.3 Å². The highest BCUT2D eigenvalue weighted by Gasteiger charge is 2.29. The molecule has 2 heterocycles. The normalized spacial score (nSPS) is 11.3. The molecule has 8 heteroatoms. The van der Waals surface area contributed by atoms with Gasteiger partial charge in [-0.05, 0) is 29.8 Å². The van der Waals surface area contributed by atoms with Crippen LogP contribution in [0.1, 0.15) is 26.5 Å². The molecule has 0 saturated carbocycles. The number of aromatic nitrogens is 2. The van der Waals surface area contributed by atoms with Crippen molar-refractivity contribution < 1.29 is 18.0 Å². The van der Waals surface area contributed by atoms with Gasteiger partial charge in [-0.15, -0.1) is 11.3 Å². The van der Waals surface area contributed by atoms with Gasteiger partial charge in [0.05, 0.1) is 5.56 Å². The summed E-state index contributed by atoms with van der Waals surface area (Å²) in [4.78, 5) is 20.9. The summed E-state index contributed by atoms with van der Waals surface area (Å²) in [6.45, 7) is 0. The topological polar surface area (TPSA) is 54.9 Å². The summed E-state index contributed by atoms with van der Waals surface area (Å²) in [6.07, 6.45) is -0.787. The van der Waals surface area contributed by atoms with Gasteiger partial charge < -0.3 is 0 Å². The third-order valence-electron chi connectivity index (χ3n) is 3.33. The van der Waals surface area contributed by atoms with E-state index in [1.807, 2.05) is 0 Å². The van der Waals surface area contributed by atoms with Crippen molar-refractivity contribution in [3.8, 4) is 0 Å². The van der Waals surface area contributed by atoms with E-state index in [0.717, 1.165) is 22.6 Å². The minimum Gasteiger partial charge on any atom is -0.296 e. The molecule has 0 unspecified atom stereocenters. The quantitative estimate of drug-likeness (QED) is 0.747. The Labute approximate surface area is 145 Å². The highest BCUT2D eigenvalue weighted by Crippen LogP contribution is 2.30. The predicted octanol–water partition coefficient (Wildman–Crippen LogP) is 4.40. The van der Waals surface area contributed by atoms with Gasteiger partial charge in [-0.25, -0.2) is 4.98 Å². The first kappa shape index (κ1) is 17.1. The Balaban J connectivity index is 1.65. The third kappa shape index (κ3) is 4.42. The molecule has 0 bridgehead atoms. The van der Waals surface area contributed by atoms with E-state index in [4.69, 9.17) is 0 Å². The van der Waals surface area contributed by atoms with Crippen LogP contribution in [0.4, 0.5) is 18.3 Å². The van der Waals surface area contributed by atoms with E-state index in [1.54, 1.807) is 24.4 Å². The van der Waals surface area contributed by atoms with Crippen molar-refractivity contribution in [2.75, 3.05) is 5.32 Å². The van der Waals surface area contributed by atoms with Crippen molar-refractivity contribution in [3.63, 3.8) is 0 Å². The van der Waals surface area contributed by atoms with Gasteiger partial charge in [-0.1, -0.05) is 18.2 Å². The number of amides is 1. The molecule has 128 valence electrons. The highest BCUT2D eigenvalue weighted by molar-refractivity contribution is 7.15. The molecule has 1 aromatic carbocycles. The Bertz CT molecular complexity index is 861. The van der Waals surface area contributed by atoms with Crippen LogP contribution in [-0.4, -0.2) is 15.9 Å². The molecular formula is C17H12F3N3OS. The summed E-state index contributed by atoms with van der Waals surface area (Å²) in [7, 11) is 0. The lowest BCUT2D eigenvalue weighted by atomic mass is 10.1. The number of nitrogens with one attached hydrogen (secondary N) is 1. The van der Waals surface area contributed by atoms with Gasteiger partial charge in [0.2, 0.25) is 0 Å². The summed E-state index contributed by atoms with van der Waals surface area (Å²) in [6, 6.07) is 10.00. The third-order valence-corrected chi connectivity index (χ3v) is 4.24. The van der Waals surface area contributed by atoms with Crippen LogP contribution in [0, 0.1) is 0 Å². The average Bonchev–Trinajstić information content (AvgIpc) is 3.02. The number of pyridine rings is 1. The highest BCUT2D eigenvalue weighted by atomic mass is 32.1. The van der Waals surface area contributed by atoms with E-state index in [0.29, 0.717) is 11.6 Å². The monoisotopic (exact) mass is 363 g/mol. The lowest BCUT2D eigenvalue weighted by Crippen LogP contribution is -2.12. The number of benzene rings is 1. The van der Waals surface area contributed by atoms with Crippen LogP contribution in [-0.2, 0) is 12.6 Å². The molecule has 2 aromatic heterocycles. The zero-order valence-corrected chi connectivity index (χ0v) is 13.6. The number of nitrogens with zero attached hydrogens (tertiary/aromatic N) is 2. The van der Waals surface area contributed by atoms with Gasteiger partial charge in [-0.3, -0.25) is 15.1 Å². The fourth-order valence-electron chi connectivity index (χ4n) is 2.12. The van der Waals surface area contributed by atoms with Crippen LogP contribution in [0.5, 0.6) is 0 Å². The molecule has 0 spiro atoms. The molecule has 1 N–H and O–H groups in total. The van der Waals surface area contributed by atoms with Crippen molar-refractivity contribution >= 4 is 22.4 Å². The zero-order valence-electron chi connectivity index (χ0n) is 12.7. The number of carbonyl (C=O) groups is 1. The number of rotatable bonds is 4. The van der Waals surface area contributed by atoms with Crippen molar-refractivity contribution in [2.45, 2.75) is 12.6 Å². The largest absolute Gasteiger partial charge is 0.416 e. The summed E-state index contributed by atoms with van der Waals surface area (Å²) < 4.78 is 37.7. The van der Waals surface area contributed by atoms with Gasteiger partial charge in [0, 0.05) is 23.7 Å². The molecule has 0 aliphatic carbocycles. The maximum atomic E-state index is 12.6. The number of thiazole rings is 1. The number of hydrogen-bond acceptors (Lipinski definition) is 4. The first-order valence-corrected chi connectivity index (χ1v) is 8.07. The molecule has 3 aromatic rings. The Morgan fingerprint density at radius 3 is 2.48 bits per heavy atom. The second-order valence-electron chi connectivity index (χ2n) is 5.17. The lowest BCUT2D eigenvalue weighted by molar-refractivity contribution is -0.137. The van der Waals surface area contributed by atoms with Gasteiger partial charge in [0.1, 0.15) is 5.69 Å². The standard InChI is InChI=1S/C17H12F3N3OS/c18-17(19,20)12-6-4-11(5-7-12)9-13-10-22-16(25-13)23-15(24)14-3-1-2-8-21-14/h1-8,10H,9H2,(H,22,23,24). The molecule has 0 saturated heterocycles. The van der Waals surface area contributed by atoms with Crippen LogP contribution in [0.3, 0.4) is 0 Å². The fourth-order valence-corrected chi connectivity index (χ4v) is 2.96. The molecular weight excluding hydrogens is 351 g/mol. The minimum atomic E-state index is -4.34. The minimum absolute atomic E-state index is 0.280. The number of hydrogen-bond donors (Lipinski definition) is 1. The van der Waals surface area contributed by atoms with Crippen molar-refractivity contribution in [3.05, 3.63) is 76.6 Å². The molecule has 0 radical (unpaired) electrons. The van der Waals surface area contributed by atoms with Crippen molar-refractivity contribution in [1.82, 2.24) is 9.97 Å². The number of carbonyl (C=O) groups excluding carboxylic acids is 1. The van der Waals surface area contributed by atoms with Crippen molar-refractivity contribution in [1.29, 1.82) is 0 Å². The SMILES string of the molecule is O=C(Nc1ncc(Cc2ccc(C(F)(F)F)cc2)s1)c1ccccn1. The summed E-state index contributed by atoms with van der Waals surface area (Å²) in [5.41, 5.74) is 0.338. The summed E-state index contributed by atoms with van der Waals surface area (Å²) in [5.74, 6) is -0.365. The van der Waals surface area contributed by atoms with Gasteiger partial charge in [-0.2, -0.15) is 13.2 Å². The van der Waals surface area contributed by atoms with Crippen LogP contribution in [0.15, 0.2) is 54.9 Å². The summed E-state index contributed by atoms with van der Waals surface area (Å²) >= 11 is 1.27. The molecule has 4 nitrogen and oxygen atoms in total. The van der Waals surface area contributed by atoms with Crippen LogP contribution < -0.4 is 5.32 Å². The molecule has 0 fully saturated rings. The summed E-state index contributed by atoms with van der Waals surface area (Å²) in [5, 5.41) is 3.07. The second-order valence-corrected chi connectivity index (χ2v) is 6.29. The average molecular weight is 363 g/mol. The molecule has 25 heavy (non-hydrogen) atoms. The maximum Gasteiger partial charge on any atom is 0.416 e. The van der Waals surface area contributed by atoms with E-state index in [1.165, 1.54) is 29.7 Å². The molecule has 1 amide bonds. The van der Waals surface area contributed by atoms with Gasteiger partial charge in [0.15, 0.2) is 5.13 Å². The van der Waals surface area contributed by atoms with E-state index in [9.17, 15) is 18.0 Å². The van der Waals surface area contributed by atoms with Gasteiger partial charge in [0.25, 0.3) is 5.91 Å². The first-order valence-electron chi connectivity index (χ1n) is 7.25. The van der Waals surface area contributed by atoms with Crippen LogP contribution in [0.25, 0.3) is 0 Å². The maximum absolute atomic E-state index is 12.6. The zero-order chi connectivity index (χ0) is 17.9. The molecule has 0 atom stereocenters. The first-order chi connectivity index (χ1) is 11.9. The van der Waals surface area contributed by atoms with E-state index >= 15 is 0 Å². The second kappa shape index (κ2) is 7.02. The Morgan fingerprint density at radius 2 is 1.84 bits per heavy atom. The van der Waals surface area contributed by atoms with E-state index in [2.05, 4.69) is 15.3 Å². The Morgan fingerprint density at radius 1 is 1.08 bits per heavy atom. The van der Waals surface area contributed by atoms with Crippen molar-refractivity contribution in [2.24, 2.45) is 0 Å². The number of anilines is 1.